The van der Waals surface area contributed by atoms with Crippen LogP contribution in [0.15, 0.2) is 64.2 Å². The summed E-state index contributed by atoms with van der Waals surface area (Å²) >= 11 is 1.46. The van der Waals surface area contributed by atoms with Gasteiger partial charge in [0.15, 0.2) is 5.16 Å². The van der Waals surface area contributed by atoms with E-state index in [9.17, 15) is 10.1 Å². The van der Waals surface area contributed by atoms with E-state index < -0.39 is 4.92 Å². The summed E-state index contributed by atoms with van der Waals surface area (Å²) in [5.74, 6) is 2.02. The molecule has 146 valence electrons. The maximum absolute atomic E-state index is 10.8. The fourth-order valence-electron chi connectivity index (χ4n) is 2.70. The number of benzene rings is 2. The Morgan fingerprint density at radius 2 is 1.79 bits per heavy atom. The van der Waals surface area contributed by atoms with Crippen LogP contribution in [0.2, 0.25) is 0 Å². The van der Waals surface area contributed by atoms with E-state index in [-0.39, 0.29) is 5.69 Å². The zero-order chi connectivity index (χ0) is 20.2. The van der Waals surface area contributed by atoms with Crippen molar-refractivity contribution in [3.63, 3.8) is 0 Å². The minimum atomic E-state index is -0.451. The lowest BCUT2D eigenvalue weighted by Gasteiger charge is -2.07. The second kappa shape index (κ2) is 8.23. The first kappa shape index (κ1) is 18.8. The van der Waals surface area contributed by atoms with Gasteiger partial charge in [-0.1, -0.05) is 42.1 Å². The van der Waals surface area contributed by atoms with Crippen LogP contribution >= 0.6 is 11.8 Å². The largest absolute Gasteiger partial charge is 0.420 e. The highest BCUT2D eigenvalue weighted by Gasteiger charge is 2.14. The first-order chi connectivity index (χ1) is 14.1. The van der Waals surface area contributed by atoms with E-state index in [0.29, 0.717) is 29.6 Å². The average Bonchev–Trinajstić information content (AvgIpc) is 3.35. The Kier molecular flexibility index (Phi) is 5.34. The van der Waals surface area contributed by atoms with Crippen LogP contribution in [-0.2, 0) is 12.3 Å². The van der Waals surface area contributed by atoms with E-state index in [0.717, 1.165) is 16.5 Å². The van der Waals surface area contributed by atoms with Crippen LogP contribution in [0.4, 0.5) is 5.69 Å². The molecule has 4 aromatic rings. The molecule has 0 saturated carbocycles. The molecule has 0 fully saturated rings. The molecular formula is C19H16N6O3S. The van der Waals surface area contributed by atoms with Gasteiger partial charge in [0.05, 0.1) is 17.2 Å². The lowest BCUT2D eigenvalue weighted by molar-refractivity contribution is -0.384. The number of nitro groups is 1. The van der Waals surface area contributed by atoms with E-state index >= 15 is 0 Å². The summed E-state index contributed by atoms with van der Waals surface area (Å²) in [5, 5.41) is 28.0. The number of non-ortho nitro benzene ring substituents is 1. The number of rotatable bonds is 7. The number of hydrogen-bond donors (Lipinski definition) is 0. The first-order valence-electron chi connectivity index (χ1n) is 8.74. The predicted octanol–water partition coefficient (Wildman–Crippen LogP) is 3.89. The molecule has 2 heterocycles. The molecule has 0 saturated heterocycles. The summed E-state index contributed by atoms with van der Waals surface area (Å²) in [5.41, 5.74) is 1.80. The van der Waals surface area contributed by atoms with Gasteiger partial charge >= 0.3 is 0 Å². The monoisotopic (exact) mass is 408 g/mol. The van der Waals surface area contributed by atoms with Crippen LogP contribution in [0, 0.1) is 17.0 Å². The third kappa shape index (κ3) is 4.32. The molecule has 0 atom stereocenters. The molecular weight excluding hydrogens is 392 g/mol. The normalized spacial score (nSPS) is 10.9. The van der Waals surface area contributed by atoms with Gasteiger partial charge in [0.25, 0.3) is 5.69 Å². The Balaban J connectivity index is 1.45. The summed E-state index contributed by atoms with van der Waals surface area (Å²) in [6.07, 6.45) is 0. The lowest BCUT2D eigenvalue weighted by atomic mass is 10.2. The van der Waals surface area contributed by atoms with Crippen molar-refractivity contribution in [1.82, 2.24) is 25.0 Å². The Hall–Kier alpha value is -3.53. The molecule has 0 aliphatic heterocycles. The van der Waals surface area contributed by atoms with Gasteiger partial charge in [-0.15, -0.1) is 20.4 Å². The molecule has 9 nitrogen and oxygen atoms in total. The Morgan fingerprint density at radius 1 is 1.03 bits per heavy atom. The molecule has 0 unspecified atom stereocenters. The van der Waals surface area contributed by atoms with Crippen molar-refractivity contribution in [1.29, 1.82) is 0 Å². The van der Waals surface area contributed by atoms with Crippen molar-refractivity contribution in [2.75, 3.05) is 0 Å². The van der Waals surface area contributed by atoms with Gasteiger partial charge in [-0.2, -0.15) is 0 Å². The van der Waals surface area contributed by atoms with Gasteiger partial charge in [0.1, 0.15) is 5.82 Å². The van der Waals surface area contributed by atoms with Crippen molar-refractivity contribution in [2.45, 2.75) is 24.4 Å². The molecule has 0 N–H and O–H groups in total. The Bertz CT molecular complexity index is 1120. The highest BCUT2D eigenvalue weighted by Crippen LogP contribution is 2.25. The summed E-state index contributed by atoms with van der Waals surface area (Å²) < 4.78 is 7.72. The number of nitrogens with zero attached hydrogens (tertiary/aromatic N) is 6. The van der Waals surface area contributed by atoms with E-state index in [1.165, 1.54) is 23.9 Å². The standard InChI is InChI=1S/C19H16N6O3S/c1-13-20-23-19(24(13)11-14-5-3-2-4-6-14)29-12-17-21-22-18(28-17)15-7-9-16(10-8-15)25(26)27/h2-10H,11-12H2,1H3. The van der Waals surface area contributed by atoms with Gasteiger partial charge in [-0.3, -0.25) is 10.1 Å². The fraction of sp³-hybridized carbons (Fsp3) is 0.158. The first-order valence-corrected chi connectivity index (χ1v) is 9.72. The van der Waals surface area contributed by atoms with Crippen LogP contribution in [0.25, 0.3) is 11.5 Å². The highest BCUT2D eigenvalue weighted by atomic mass is 32.2. The molecule has 0 amide bonds. The second-order valence-corrected chi connectivity index (χ2v) is 7.14. The van der Waals surface area contributed by atoms with Crippen LogP contribution < -0.4 is 0 Å². The zero-order valence-electron chi connectivity index (χ0n) is 15.4. The number of aromatic nitrogens is 5. The Labute approximate surface area is 170 Å². The average molecular weight is 408 g/mol. The number of aryl methyl sites for hydroxylation is 1. The van der Waals surface area contributed by atoms with Crippen molar-refractivity contribution in [3.05, 3.63) is 82.0 Å². The maximum Gasteiger partial charge on any atom is 0.269 e. The van der Waals surface area contributed by atoms with Gasteiger partial charge in [-0.05, 0) is 24.6 Å². The molecule has 10 heteroatoms. The van der Waals surface area contributed by atoms with Crippen LogP contribution in [0.5, 0.6) is 0 Å². The van der Waals surface area contributed by atoms with Crippen LogP contribution in [0.3, 0.4) is 0 Å². The van der Waals surface area contributed by atoms with Gasteiger partial charge in [0, 0.05) is 17.7 Å². The SMILES string of the molecule is Cc1nnc(SCc2nnc(-c3ccc([N+](=O)[O-])cc3)o2)n1Cc1ccccc1. The van der Waals surface area contributed by atoms with Crippen molar-refractivity contribution < 1.29 is 9.34 Å². The lowest BCUT2D eigenvalue weighted by Crippen LogP contribution is -2.03. The molecule has 0 aliphatic rings. The third-order valence-electron chi connectivity index (χ3n) is 4.20. The predicted molar refractivity (Wildman–Crippen MR) is 106 cm³/mol. The molecule has 0 spiro atoms. The maximum atomic E-state index is 10.8. The smallest absolute Gasteiger partial charge is 0.269 e. The summed E-state index contributed by atoms with van der Waals surface area (Å²) in [6, 6.07) is 16.1. The zero-order valence-corrected chi connectivity index (χ0v) is 16.2. The Morgan fingerprint density at radius 3 is 2.52 bits per heavy atom. The van der Waals surface area contributed by atoms with Gasteiger partial charge in [-0.25, -0.2) is 0 Å². The molecule has 4 rings (SSSR count). The molecule has 0 aliphatic carbocycles. The molecule has 2 aromatic heterocycles. The minimum Gasteiger partial charge on any atom is -0.420 e. The van der Waals surface area contributed by atoms with Gasteiger partial charge < -0.3 is 8.98 Å². The minimum absolute atomic E-state index is 0.0113. The van der Waals surface area contributed by atoms with Crippen LogP contribution in [0.1, 0.15) is 17.3 Å². The van der Waals surface area contributed by atoms with Crippen LogP contribution in [-0.4, -0.2) is 29.9 Å². The van der Waals surface area contributed by atoms with E-state index in [2.05, 4.69) is 32.5 Å². The highest BCUT2D eigenvalue weighted by molar-refractivity contribution is 7.98. The molecule has 2 aromatic carbocycles. The van der Waals surface area contributed by atoms with Gasteiger partial charge in [0.2, 0.25) is 11.8 Å². The van der Waals surface area contributed by atoms with Crippen molar-refractivity contribution in [2.24, 2.45) is 0 Å². The van der Waals surface area contributed by atoms with Crippen molar-refractivity contribution in [3.8, 4) is 11.5 Å². The molecule has 0 radical (unpaired) electrons. The molecule has 29 heavy (non-hydrogen) atoms. The molecule has 0 bridgehead atoms. The number of thioether (sulfide) groups is 1. The number of hydrogen-bond acceptors (Lipinski definition) is 8. The van der Waals surface area contributed by atoms with E-state index in [4.69, 9.17) is 4.42 Å². The summed E-state index contributed by atoms with van der Waals surface area (Å²) in [7, 11) is 0. The fourth-order valence-corrected chi connectivity index (χ4v) is 3.52. The third-order valence-corrected chi connectivity index (χ3v) is 5.15. The van der Waals surface area contributed by atoms with Crippen molar-refractivity contribution >= 4 is 17.4 Å². The summed E-state index contributed by atoms with van der Waals surface area (Å²) in [6.45, 7) is 2.60. The quantitative estimate of drug-likeness (QED) is 0.257. The number of nitro benzene ring substituents is 1. The second-order valence-electron chi connectivity index (χ2n) is 6.20. The topological polar surface area (TPSA) is 113 Å². The van der Waals surface area contributed by atoms with E-state index in [1.54, 1.807) is 12.1 Å². The summed E-state index contributed by atoms with van der Waals surface area (Å²) in [4.78, 5) is 10.3. The van der Waals surface area contributed by atoms with E-state index in [1.807, 2.05) is 29.7 Å².